The molecule has 0 spiro atoms. The van der Waals surface area contributed by atoms with Gasteiger partial charge in [-0.15, -0.1) is 0 Å². The molecule has 2 aromatic carbocycles. The van der Waals surface area contributed by atoms with E-state index < -0.39 is 0 Å². The standard InChI is InChI=1S/C22H23N3O3/c1-15-8-9-16(2)20(11-15)25-21(26)14-23-18-6-3-5-17(12-18)22(27)24-13-19-7-4-10-28-19/h3-12,23H,13-14H2,1-2H3,(H,24,27)(H,25,26). The van der Waals surface area contributed by atoms with Crippen molar-refractivity contribution in [3.05, 3.63) is 83.3 Å². The summed E-state index contributed by atoms with van der Waals surface area (Å²) < 4.78 is 5.20. The minimum Gasteiger partial charge on any atom is -0.467 e. The van der Waals surface area contributed by atoms with Gasteiger partial charge in [-0.05, 0) is 61.4 Å². The Morgan fingerprint density at radius 3 is 2.64 bits per heavy atom. The van der Waals surface area contributed by atoms with Crippen molar-refractivity contribution in [2.45, 2.75) is 20.4 Å². The molecule has 0 unspecified atom stereocenters. The van der Waals surface area contributed by atoms with E-state index in [1.807, 2.05) is 38.1 Å². The van der Waals surface area contributed by atoms with Crippen molar-refractivity contribution in [3.8, 4) is 0 Å². The van der Waals surface area contributed by atoms with Crippen LogP contribution in [0.3, 0.4) is 0 Å². The van der Waals surface area contributed by atoms with Gasteiger partial charge in [-0.25, -0.2) is 0 Å². The Bertz CT molecular complexity index is 965. The predicted octanol–water partition coefficient (Wildman–Crippen LogP) is 3.88. The molecule has 0 aliphatic carbocycles. The summed E-state index contributed by atoms with van der Waals surface area (Å²) in [6.45, 7) is 4.36. The lowest BCUT2D eigenvalue weighted by molar-refractivity contribution is -0.114. The van der Waals surface area contributed by atoms with Gasteiger partial charge in [-0.3, -0.25) is 9.59 Å². The van der Waals surface area contributed by atoms with Gasteiger partial charge in [0.2, 0.25) is 5.91 Å². The lowest BCUT2D eigenvalue weighted by Crippen LogP contribution is -2.24. The molecule has 0 bridgehead atoms. The third-order valence-electron chi connectivity index (χ3n) is 4.25. The fourth-order valence-corrected chi connectivity index (χ4v) is 2.70. The first-order valence-corrected chi connectivity index (χ1v) is 9.03. The first-order valence-electron chi connectivity index (χ1n) is 9.03. The number of aryl methyl sites for hydroxylation is 2. The number of carbonyl (C=O) groups excluding carboxylic acids is 2. The van der Waals surface area contributed by atoms with E-state index >= 15 is 0 Å². The molecular weight excluding hydrogens is 354 g/mol. The monoisotopic (exact) mass is 377 g/mol. The summed E-state index contributed by atoms with van der Waals surface area (Å²) >= 11 is 0. The Labute approximate surface area is 164 Å². The molecule has 6 nitrogen and oxygen atoms in total. The summed E-state index contributed by atoms with van der Waals surface area (Å²) in [7, 11) is 0. The summed E-state index contributed by atoms with van der Waals surface area (Å²) in [6.07, 6.45) is 1.56. The Hall–Kier alpha value is -3.54. The number of hydrogen-bond donors (Lipinski definition) is 3. The second-order valence-corrected chi connectivity index (χ2v) is 6.56. The van der Waals surface area contributed by atoms with Gasteiger partial charge in [0, 0.05) is 16.9 Å². The van der Waals surface area contributed by atoms with Gasteiger partial charge in [0.1, 0.15) is 5.76 Å². The Balaban J connectivity index is 1.54. The van der Waals surface area contributed by atoms with Crippen LogP contribution in [0.2, 0.25) is 0 Å². The van der Waals surface area contributed by atoms with Crippen molar-refractivity contribution in [2.75, 3.05) is 17.2 Å². The Morgan fingerprint density at radius 1 is 1.00 bits per heavy atom. The van der Waals surface area contributed by atoms with Crippen molar-refractivity contribution in [3.63, 3.8) is 0 Å². The van der Waals surface area contributed by atoms with Gasteiger partial charge in [-0.1, -0.05) is 18.2 Å². The van der Waals surface area contributed by atoms with E-state index in [1.54, 1.807) is 36.6 Å². The average Bonchev–Trinajstić information content (AvgIpc) is 3.21. The molecule has 0 atom stereocenters. The predicted molar refractivity (Wildman–Crippen MR) is 109 cm³/mol. The van der Waals surface area contributed by atoms with Gasteiger partial charge >= 0.3 is 0 Å². The van der Waals surface area contributed by atoms with Gasteiger partial charge in [-0.2, -0.15) is 0 Å². The number of rotatable bonds is 7. The molecule has 0 saturated carbocycles. The lowest BCUT2D eigenvalue weighted by Gasteiger charge is -2.11. The summed E-state index contributed by atoms with van der Waals surface area (Å²) in [4.78, 5) is 24.5. The quantitative estimate of drug-likeness (QED) is 0.583. The van der Waals surface area contributed by atoms with Crippen molar-refractivity contribution >= 4 is 23.2 Å². The van der Waals surface area contributed by atoms with Crippen LogP contribution in [0.4, 0.5) is 11.4 Å². The molecular formula is C22H23N3O3. The highest BCUT2D eigenvalue weighted by atomic mass is 16.3. The lowest BCUT2D eigenvalue weighted by atomic mass is 10.1. The van der Waals surface area contributed by atoms with Crippen LogP contribution in [0, 0.1) is 13.8 Å². The zero-order valence-electron chi connectivity index (χ0n) is 15.9. The first kappa shape index (κ1) is 19.2. The normalized spacial score (nSPS) is 10.4. The Kier molecular flexibility index (Phi) is 6.11. The van der Waals surface area contributed by atoms with Crippen molar-refractivity contribution in [2.24, 2.45) is 0 Å². The minimum atomic E-state index is -0.208. The molecule has 1 heterocycles. The van der Waals surface area contributed by atoms with Crippen LogP contribution in [-0.2, 0) is 11.3 Å². The topological polar surface area (TPSA) is 83.4 Å². The smallest absolute Gasteiger partial charge is 0.251 e. The molecule has 1 aromatic heterocycles. The van der Waals surface area contributed by atoms with Gasteiger partial charge < -0.3 is 20.4 Å². The maximum absolute atomic E-state index is 12.3. The zero-order valence-corrected chi connectivity index (χ0v) is 15.9. The fourth-order valence-electron chi connectivity index (χ4n) is 2.70. The van der Waals surface area contributed by atoms with Crippen LogP contribution in [0.1, 0.15) is 27.2 Å². The van der Waals surface area contributed by atoms with E-state index in [1.165, 1.54) is 0 Å². The van der Waals surface area contributed by atoms with Gasteiger partial charge in [0.05, 0.1) is 19.4 Å². The van der Waals surface area contributed by atoms with E-state index in [0.29, 0.717) is 23.6 Å². The van der Waals surface area contributed by atoms with Crippen molar-refractivity contribution in [1.29, 1.82) is 0 Å². The van der Waals surface area contributed by atoms with Crippen LogP contribution in [0.25, 0.3) is 0 Å². The van der Waals surface area contributed by atoms with E-state index in [2.05, 4.69) is 16.0 Å². The largest absolute Gasteiger partial charge is 0.467 e. The zero-order chi connectivity index (χ0) is 19.9. The second-order valence-electron chi connectivity index (χ2n) is 6.56. The van der Waals surface area contributed by atoms with Crippen LogP contribution in [0.5, 0.6) is 0 Å². The number of carbonyl (C=O) groups is 2. The number of anilines is 2. The fraction of sp³-hybridized carbons (Fsp3) is 0.182. The maximum atomic E-state index is 12.3. The highest BCUT2D eigenvalue weighted by molar-refractivity contribution is 5.96. The summed E-state index contributed by atoms with van der Waals surface area (Å²) in [5.41, 5.74) is 4.10. The van der Waals surface area contributed by atoms with E-state index in [4.69, 9.17) is 4.42 Å². The van der Waals surface area contributed by atoms with Crippen LogP contribution in [-0.4, -0.2) is 18.4 Å². The SMILES string of the molecule is Cc1ccc(C)c(NC(=O)CNc2cccc(C(=O)NCc3ccco3)c2)c1. The summed E-state index contributed by atoms with van der Waals surface area (Å²) in [6, 6.07) is 16.5. The number of benzene rings is 2. The molecule has 0 radical (unpaired) electrons. The van der Waals surface area contributed by atoms with Gasteiger partial charge in [0.25, 0.3) is 5.91 Å². The van der Waals surface area contributed by atoms with Crippen LogP contribution in [0.15, 0.2) is 65.3 Å². The highest BCUT2D eigenvalue weighted by Gasteiger charge is 2.09. The molecule has 0 aliphatic rings. The second kappa shape index (κ2) is 8.90. The Morgan fingerprint density at radius 2 is 1.86 bits per heavy atom. The maximum Gasteiger partial charge on any atom is 0.251 e. The molecule has 2 amide bonds. The average molecular weight is 377 g/mol. The first-order chi connectivity index (χ1) is 13.5. The molecule has 0 aliphatic heterocycles. The number of hydrogen-bond acceptors (Lipinski definition) is 4. The summed E-state index contributed by atoms with van der Waals surface area (Å²) in [5.74, 6) is 0.326. The number of furan rings is 1. The van der Waals surface area contributed by atoms with Crippen LogP contribution >= 0.6 is 0 Å². The van der Waals surface area contributed by atoms with Crippen LogP contribution < -0.4 is 16.0 Å². The number of amides is 2. The molecule has 3 N–H and O–H groups in total. The molecule has 0 saturated heterocycles. The van der Waals surface area contributed by atoms with Crippen molar-refractivity contribution in [1.82, 2.24) is 5.32 Å². The third kappa shape index (κ3) is 5.23. The highest BCUT2D eigenvalue weighted by Crippen LogP contribution is 2.16. The minimum absolute atomic E-state index is 0.102. The molecule has 3 rings (SSSR count). The van der Waals surface area contributed by atoms with E-state index in [0.717, 1.165) is 16.8 Å². The van der Waals surface area contributed by atoms with E-state index in [-0.39, 0.29) is 18.4 Å². The number of nitrogens with one attached hydrogen (secondary N) is 3. The molecule has 28 heavy (non-hydrogen) atoms. The molecule has 144 valence electrons. The molecule has 3 aromatic rings. The molecule has 6 heteroatoms. The van der Waals surface area contributed by atoms with Crippen molar-refractivity contribution < 1.29 is 14.0 Å². The molecule has 0 fully saturated rings. The van der Waals surface area contributed by atoms with E-state index in [9.17, 15) is 9.59 Å². The van der Waals surface area contributed by atoms with Gasteiger partial charge in [0.15, 0.2) is 0 Å². The third-order valence-corrected chi connectivity index (χ3v) is 4.25. The summed E-state index contributed by atoms with van der Waals surface area (Å²) in [5, 5.41) is 8.75.